The van der Waals surface area contributed by atoms with Crippen molar-refractivity contribution in [3.63, 3.8) is 0 Å². The van der Waals surface area contributed by atoms with Gasteiger partial charge in [-0.1, -0.05) is 30.9 Å². The quantitative estimate of drug-likeness (QED) is 0.229. The number of hydrogen-bond donors (Lipinski definition) is 2. The topological polar surface area (TPSA) is 101 Å². The summed E-state index contributed by atoms with van der Waals surface area (Å²) in [4.78, 5) is 22.8. The zero-order chi connectivity index (χ0) is 26.1. The number of nitro groups is 1. The Morgan fingerprint density at radius 2 is 2.11 bits per heavy atom. The monoisotopic (exact) mass is 497 g/mol. The third kappa shape index (κ3) is 4.77. The maximum Gasteiger partial charge on any atom is 0.294 e. The Labute approximate surface area is 216 Å². The summed E-state index contributed by atoms with van der Waals surface area (Å²) in [5, 5.41) is 19.4. The van der Waals surface area contributed by atoms with E-state index < -0.39 is 0 Å². The number of benzene rings is 2. The van der Waals surface area contributed by atoms with E-state index in [1.807, 2.05) is 25.9 Å². The number of aryl methyl sites for hydroxylation is 3. The van der Waals surface area contributed by atoms with Crippen LogP contribution in [0.3, 0.4) is 0 Å². The Kier molecular flexibility index (Phi) is 6.62. The lowest BCUT2D eigenvalue weighted by atomic mass is 10.0. The molecule has 0 unspecified atom stereocenters. The fourth-order valence-electron chi connectivity index (χ4n) is 4.92. The van der Waals surface area contributed by atoms with Gasteiger partial charge >= 0.3 is 0 Å². The number of para-hydroxylation sites is 1. The number of hydrogen-bond acceptors (Lipinski definition) is 7. The molecule has 0 fully saturated rings. The van der Waals surface area contributed by atoms with Crippen molar-refractivity contribution in [3.8, 4) is 11.3 Å². The summed E-state index contributed by atoms with van der Waals surface area (Å²) >= 11 is 0. The number of likely N-dealkylation sites (N-methyl/N-ethyl adjacent to an activating group) is 1. The van der Waals surface area contributed by atoms with Crippen LogP contribution in [0.25, 0.3) is 28.2 Å². The van der Waals surface area contributed by atoms with Crippen LogP contribution in [0.5, 0.6) is 0 Å². The number of aromatic nitrogens is 3. The third-order valence-corrected chi connectivity index (χ3v) is 6.78. The van der Waals surface area contributed by atoms with Crippen LogP contribution in [0.4, 0.5) is 23.0 Å². The van der Waals surface area contributed by atoms with Crippen LogP contribution in [-0.4, -0.2) is 51.5 Å². The van der Waals surface area contributed by atoms with Crippen molar-refractivity contribution < 1.29 is 4.92 Å². The molecule has 4 aromatic rings. The van der Waals surface area contributed by atoms with E-state index in [1.54, 1.807) is 24.4 Å². The van der Waals surface area contributed by atoms with Gasteiger partial charge in [-0.2, -0.15) is 0 Å². The molecule has 2 aromatic carbocycles. The smallest absolute Gasteiger partial charge is 0.294 e. The Morgan fingerprint density at radius 1 is 1.27 bits per heavy atom. The fourth-order valence-corrected chi connectivity index (χ4v) is 4.92. The highest BCUT2D eigenvalue weighted by atomic mass is 16.6. The second kappa shape index (κ2) is 10.0. The van der Waals surface area contributed by atoms with Crippen LogP contribution >= 0.6 is 0 Å². The molecule has 2 N–H and O–H groups in total. The lowest BCUT2D eigenvalue weighted by Crippen LogP contribution is -2.21. The predicted octanol–water partition coefficient (Wildman–Crippen LogP) is 5.62. The summed E-state index contributed by atoms with van der Waals surface area (Å²) in [7, 11) is 3.93. The van der Waals surface area contributed by atoms with Gasteiger partial charge in [0.15, 0.2) is 0 Å². The van der Waals surface area contributed by atoms with Crippen LogP contribution in [0.15, 0.2) is 49.3 Å². The molecular weight excluding hydrogens is 466 g/mol. The second-order valence-electron chi connectivity index (χ2n) is 9.65. The summed E-state index contributed by atoms with van der Waals surface area (Å²) in [6, 6.07) is 9.76. The summed E-state index contributed by atoms with van der Waals surface area (Å²) in [6.45, 7) is 8.22. The summed E-state index contributed by atoms with van der Waals surface area (Å²) in [5.41, 5.74) is 7.19. The van der Waals surface area contributed by atoms with E-state index in [4.69, 9.17) is 4.98 Å². The second-order valence-corrected chi connectivity index (χ2v) is 9.65. The van der Waals surface area contributed by atoms with E-state index in [-0.39, 0.29) is 10.6 Å². The minimum atomic E-state index is -0.371. The van der Waals surface area contributed by atoms with Gasteiger partial charge < -0.3 is 20.1 Å². The molecule has 0 aliphatic carbocycles. The van der Waals surface area contributed by atoms with Crippen molar-refractivity contribution in [2.24, 2.45) is 0 Å². The summed E-state index contributed by atoms with van der Waals surface area (Å²) in [5.74, 6) is 0.373. The van der Waals surface area contributed by atoms with Gasteiger partial charge in [0, 0.05) is 54.6 Å². The maximum atomic E-state index is 11.8. The summed E-state index contributed by atoms with van der Waals surface area (Å²) < 4.78 is 2.31. The largest absolute Gasteiger partial charge is 0.378 e. The van der Waals surface area contributed by atoms with Crippen molar-refractivity contribution in [3.05, 3.63) is 76.1 Å². The molecule has 0 atom stereocenters. The zero-order valence-corrected chi connectivity index (χ0v) is 21.4. The molecule has 0 saturated heterocycles. The van der Waals surface area contributed by atoms with E-state index in [1.165, 1.54) is 11.1 Å². The average molecular weight is 498 g/mol. The van der Waals surface area contributed by atoms with Gasteiger partial charge in [0.25, 0.3) is 5.69 Å². The van der Waals surface area contributed by atoms with Gasteiger partial charge in [0.05, 0.1) is 21.8 Å². The van der Waals surface area contributed by atoms with Gasteiger partial charge in [-0.15, -0.1) is 0 Å². The molecule has 0 amide bonds. The highest BCUT2D eigenvalue weighted by Gasteiger charge is 2.21. The zero-order valence-electron chi connectivity index (χ0n) is 21.4. The molecule has 5 rings (SSSR count). The molecule has 9 heteroatoms. The van der Waals surface area contributed by atoms with Gasteiger partial charge in [0.1, 0.15) is 5.69 Å². The van der Waals surface area contributed by atoms with Crippen LogP contribution in [-0.2, 0) is 13.0 Å². The van der Waals surface area contributed by atoms with Crippen molar-refractivity contribution in [1.29, 1.82) is 0 Å². The van der Waals surface area contributed by atoms with Crippen molar-refractivity contribution in [2.75, 3.05) is 37.8 Å². The number of nitrogens with one attached hydrogen (secondary N) is 2. The molecule has 0 saturated carbocycles. The lowest BCUT2D eigenvalue weighted by Gasteiger charge is -2.15. The average Bonchev–Trinajstić information content (AvgIpc) is 3.25. The van der Waals surface area contributed by atoms with Crippen LogP contribution in [0.1, 0.15) is 23.1 Å². The third-order valence-electron chi connectivity index (χ3n) is 6.78. The SMILES string of the molecule is C=Cc1cnc(Nc2cc([N+](=O)[O-])c(NCCN(C)C)cc2C)nc1-c1cn2c3c(cccc13)CCC2. The molecule has 1 aliphatic rings. The van der Waals surface area contributed by atoms with Gasteiger partial charge in [0.2, 0.25) is 5.95 Å². The van der Waals surface area contributed by atoms with Crippen molar-refractivity contribution in [1.82, 2.24) is 19.4 Å². The Morgan fingerprint density at radius 3 is 2.86 bits per heavy atom. The Bertz CT molecular complexity index is 1510. The molecule has 0 bridgehead atoms. The van der Waals surface area contributed by atoms with Crippen molar-refractivity contribution >= 4 is 40.0 Å². The van der Waals surface area contributed by atoms with E-state index in [0.29, 0.717) is 23.9 Å². The van der Waals surface area contributed by atoms with E-state index >= 15 is 0 Å². The van der Waals surface area contributed by atoms with Gasteiger partial charge in [-0.25, -0.2) is 9.97 Å². The van der Waals surface area contributed by atoms with Crippen LogP contribution in [0, 0.1) is 17.0 Å². The van der Waals surface area contributed by atoms with Gasteiger partial charge in [-0.05, 0) is 51.1 Å². The molecule has 2 aromatic heterocycles. The molecule has 37 heavy (non-hydrogen) atoms. The first-order valence-electron chi connectivity index (χ1n) is 12.4. The normalized spacial score (nSPS) is 12.6. The number of rotatable bonds is 9. The first-order valence-corrected chi connectivity index (χ1v) is 12.4. The van der Waals surface area contributed by atoms with Crippen molar-refractivity contribution in [2.45, 2.75) is 26.3 Å². The first-order chi connectivity index (χ1) is 17.9. The lowest BCUT2D eigenvalue weighted by molar-refractivity contribution is -0.383. The van der Waals surface area contributed by atoms with Crippen LogP contribution < -0.4 is 10.6 Å². The van der Waals surface area contributed by atoms with E-state index in [2.05, 4.69) is 51.2 Å². The highest BCUT2D eigenvalue weighted by Crippen LogP contribution is 2.37. The molecule has 0 spiro atoms. The van der Waals surface area contributed by atoms with Crippen LogP contribution in [0.2, 0.25) is 0 Å². The minimum Gasteiger partial charge on any atom is -0.378 e. The van der Waals surface area contributed by atoms with Gasteiger partial charge in [-0.3, -0.25) is 10.1 Å². The first kappa shape index (κ1) is 24.5. The highest BCUT2D eigenvalue weighted by molar-refractivity contribution is 5.98. The molecule has 1 aliphatic heterocycles. The molecule has 190 valence electrons. The minimum absolute atomic E-state index is 0.00350. The Balaban J connectivity index is 1.52. The Hall–Kier alpha value is -4.24. The molecular formula is C28H31N7O2. The maximum absolute atomic E-state index is 11.8. The standard InChI is InChI=1S/C28H31N7O2/c1-5-19-16-30-28(31-23-15-25(35(36)37)24(14-18(23)2)29-11-13-33(3)4)32-26(19)22-17-34-12-7-9-20-8-6-10-21(22)27(20)34/h5-6,8,10,14-17,29H,1,7,9,11-13H2,2-4H3,(H,30,31,32). The number of nitro benzene ring substituents is 1. The summed E-state index contributed by atoms with van der Waals surface area (Å²) in [6.07, 6.45) is 7.85. The molecule has 0 radical (unpaired) electrons. The fraction of sp³-hybridized carbons (Fsp3) is 0.286. The van der Waals surface area contributed by atoms with E-state index in [0.717, 1.165) is 53.7 Å². The number of nitrogens with zero attached hydrogens (tertiary/aromatic N) is 5. The predicted molar refractivity (Wildman–Crippen MR) is 150 cm³/mol. The van der Waals surface area contributed by atoms with E-state index in [9.17, 15) is 10.1 Å². The molecule has 9 nitrogen and oxygen atoms in total. The molecule has 3 heterocycles. The number of anilines is 3.